The monoisotopic (exact) mass is 287 g/mol. The minimum Gasteiger partial charge on any atom is -0.369 e. The fourth-order valence-electron chi connectivity index (χ4n) is 2.21. The summed E-state index contributed by atoms with van der Waals surface area (Å²) in [5, 5.41) is 0. The standard InChI is InChI=1S/C12H18FN3O2S/c1-19(17,18)16-4-2-15(3-5-16)12-7-10(9-14)6-11(13)8-12/h6-8H,2-5,9,14H2,1H3. The van der Waals surface area contributed by atoms with Crippen LogP contribution in [0.25, 0.3) is 0 Å². The topological polar surface area (TPSA) is 66.6 Å². The molecule has 106 valence electrons. The zero-order valence-corrected chi connectivity index (χ0v) is 11.7. The van der Waals surface area contributed by atoms with Gasteiger partial charge < -0.3 is 10.6 Å². The van der Waals surface area contributed by atoms with E-state index in [4.69, 9.17) is 5.73 Å². The van der Waals surface area contributed by atoms with E-state index in [2.05, 4.69) is 0 Å². The molecule has 1 aromatic rings. The average Bonchev–Trinajstić information content (AvgIpc) is 2.37. The van der Waals surface area contributed by atoms with Crippen molar-refractivity contribution in [1.82, 2.24) is 4.31 Å². The summed E-state index contributed by atoms with van der Waals surface area (Å²) in [6, 6.07) is 4.71. The second kappa shape index (κ2) is 5.44. The van der Waals surface area contributed by atoms with E-state index in [1.807, 2.05) is 11.0 Å². The molecule has 2 rings (SSSR count). The van der Waals surface area contributed by atoms with Gasteiger partial charge in [0.05, 0.1) is 6.26 Å². The van der Waals surface area contributed by atoms with Crippen molar-refractivity contribution in [3.8, 4) is 0 Å². The highest BCUT2D eigenvalue weighted by Gasteiger charge is 2.23. The van der Waals surface area contributed by atoms with Gasteiger partial charge >= 0.3 is 0 Å². The van der Waals surface area contributed by atoms with E-state index in [0.29, 0.717) is 26.2 Å². The van der Waals surface area contributed by atoms with Crippen molar-refractivity contribution in [2.75, 3.05) is 37.3 Å². The lowest BCUT2D eigenvalue weighted by Gasteiger charge is -2.34. The molecule has 0 bridgehead atoms. The van der Waals surface area contributed by atoms with Crippen LogP contribution in [0.1, 0.15) is 5.56 Å². The molecule has 1 aliphatic rings. The molecule has 0 aromatic heterocycles. The van der Waals surface area contributed by atoms with Gasteiger partial charge in [0.15, 0.2) is 0 Å². The van der Waals surface area contributed by atoms with Crippen LogP contribution in [0.4, 0.5) is 10.1 Å². The summed E-state index contributed by atoms with van der Waals surface area (Å²) < 4.78 is 37.7. The fourth-order valence-corrected chi connectivity index (χ4v) is 3.04. The Hall–Kier alpha value is -1.18. The van der Waals surface area contributed by atoms with Crippen LogP contribution in [0, 0.1) is 5.82 Å². The van der Waals surface area contributed by atoms with Crippen molar-refractivity contribution in [3.05, 3.63) is 29.6 Å². The summed E-state index contributed by atoms with van der Waals surface area (Å²) in [4.78, 5) is 1.98. The van der Waals surface area contributed by atoms with E-state index in [-0.39, 0.29) is 12.4 Å². The fraction of sp³-hybridized carbons (Fsp3) is 0.500. The van der Waals surface area contributed by atoms with E-state index < -0.39 is 10.0 Å². The summed E-state index contributed by atoms with van der Waals surface area (Å²) in [5.74, 6) is -0.316. The molecule has 1 saturated heterocycles. The summed E-state index contributed by atoms with van der Waals surface area (Å²) in [7, 11) is -3.14. The van der Waals surface area contributed by atoms with E-state index in [9.17, 15) is 12.8 Å². The number of rotatable bonds is 3. The van der Waals surface area contributed by atoms with Gasteiger partial charge in [-0.2, -0.15) is 4.31 Å². The molecule has 1 heterocycles. The maximum absolute atomic E-state index is 13.4. The van der Waals surface area contributed by atoms with Crippen LogP contribution in [-0.4, -0.2) is 45.2 Å². The Kier molecular flexibility index (Phi) is 4.07. The van der Waals surface area contributed by atoms with Gasteiger partial charge in [-0.05, 0) is 23.8 Å². The Labute approximate surface area is 112 Å². The molecule has 0 aliphatic carbocycles. The van der Waals surface area contributed by atoms with Gasteiger partial charge in [-0.15, -0.1) is 0 Å². The van der Waals surface area contributed by atoms with Gasteiger partial charge in [0.25, 0.3) is 0 Å². The zero-order chi connectivity index (χ0) is 14.0. The maximum atomic E-state index is 13.4. The molecule has 0 amide bonds. The van der Waals surface area contributed by atoms with Crippen LogP contribution >= 0.6 is 0 Å². The van der Waals surface area contributed by atoms with E-state index in [0.717, 1.165) is 11.3 Å². The Morgan fingerprint density at radius 2 is 1.84 bits per heavy atom. The molecule has 2 N–H and O–H groups in total. The van der Waals surface area contributed by atoms with Crippen molar-refractivity contribution in [1.29, 1.82) is 0 Å². The zero-order valence-electron chi connectivity index (χ0n) is 10.8. The molecule has 7 heteroatoms. The molecular formula is C12H18FN3O2S. The highest BCUT2D eigenvalue weighted by atomic mass is 32.2. The van der Waals surface area contributed by atoms with Crippen molar-refractivity contribution in [3.63, 3.8) is 0 Å². The molecule has 0 spiro atoms. The van der Waals surface area contributed by atoms with Gasteiger partial charge in [0, 0.05) is 38.4 Å². The first-order valence-electron chi connectivity index (χ1n) is 6.10. The SMILES string of the molecule is CS(=O)(=O)N1CCN(c2cc(F)cc(CN)c2)CC1. The predicted octanol–water partition coefficient (Wildman–Crippen LogP) is 0.366. The molecule has 0 unspecified atom stereocenters. The van der Waals surface area contributed by atoms with Gasteiger partial charge in [-0.25, -0.2) is 12.8 Å². The normalized spacial score (nSPS) is 17.7. The van der Waals surface area contributed by atoms with Crippen molar-refractivity contribution < 1.29 is 12.8 Å². The van der Waals surface area contributed by atoms with E-state index in [1.54, 1.807) is 0 Å². The number of benzene rings is 1. The quantitative estimate of drug-likeness (QED) is 0.872. The molecule has 1 aliphatic heterocycles. The molecule has 1 aromatic carbocycles. The summed E-state index contributed by atoms with van der Waals surface area (Å²) in [6.45, 7) is 2.25. The molecule has 0 radical (unpaired) electrons. The van der Waals surface area contributed by atoms with E-state index >= 15 is 0 Å². The minimum atomic E-state index is -3.14. The number of sulfonamides is 1. The third-order valence-electron chi connectivity index (χ3n) is 3.25. The van der Waals surface area contributed by atoms with Gasteiger partial charge in [0.1, 0.15) is 5.82 Å². The highest BCUT2D eigenvalue weighted by molar-refractivity contribution is 7.88. The van der Waals surface area contributed by atoms with Crippen LogP contribution in [-0.2, 0) is 16.6 Å². The summed E-state index contributed by atoms with van der Waals surface area (Å²) in [5.41, 5.74) is 7.02. The lowest BCUT2D eigenvalue weighted by molar-refractivity contribution is 0.388. The van der Waals surface area contributed by atoms with Crippen LogP contribution in [0.5, 0.6) is 0 Å². The molecule has 0 atom stereocenters. The lowest BCUT2D eigenvalue weighted by Crippen LogP contribution is -2.48. The Balaban J connectivity index is 2.11. The molecule has 1 fully saturated rings. The number of piperazine rings is 1. The molecule has 0 saturated carbocycles. The first kappa shape index (κ1) is 14.2. The van der Waals surface area contributed by atoms with Crippen LogP contribution in [0.15, 0.2) is 18.2 Å². The average molecular weight is 287 g/mol. The third-order valence-corrected chi connectivity index (χ3v) is 4.55. The second-order valence-electron chi connectivity index (χ2n) is 4.67. The Bertz CT molecular complexity index is 554. The number of halogens is 1. The second-order valence-corrected chi connectivity index (χ2v) is 6.65. The lowest BCUT2D eigenvalue weighted by atomic mass is 10.1. The Morgan fingerprint density at radius 3 is 2.37 bits per heavy atom. The summed E-state index contributed by atoms with van der Waals surface area (Å²) in [6.07, 6.45) is 1.21. The first-order chi connectivity index (χ1) is 8.90. The highest BCUT2D eigenvalue weighted by Crippen LogP contribution is 2.20. The van der Waals surface area contributed by atoms with Crippen LogP contribution in [0.3, 0.4) is 0 Å². The number of anilines is 1. The van der Waals surface area contributed by atoms with Crippen molar-refractivity contribution in [2.45, 2.75) is 6.54 Å². The van der Waals surface area contributed by atoms with Gasteiger partial charge in [0.2, 0.25) is 10.0 Å². The third kappa shape index (κ3) is 3.43. The molecule has 5 nitrogen and oxygen atoms in total. The number of nitrogens with two attached hydrogens (primary N) is 1. The smallest absolute Gasteiger partial charge is 0.211 e. The van der Waals surface area contributed by atoms with E-state index in [1.165, 1.54) is 22.7 Å². The van der Waals surface area contributed by atoms with Crippen molar-refractivity contribution in [2.24, 2.45) is 5.73 Å². The Morgan fingerprint density at radius 1 is 1.21 bits per heavy atom. The number of hydrogen-bond donors (Lipinski definition) is 1. The van der Waals surface area contributed by atoms with Gasteiger partial charge in [-0.3, -0.25) is 0 Å². The number of nitrogens with zero attached hydrogens (tertiary/aromatic N) is 2. The van der Waals surface area contributed by atoms with Crippen molar-refractivity contribution >= 4 is 15.7 Å². The largest absolute Gasteiger partial charge is 0.369 e. The van der Waals surface area contributed by atoms with Gasteiger partial charge in [-0.1, -0.05) is 0 Å². The van der Waals surface area contributed by atoms with Crippen LogP contribution < -0.4 is 10.6 Å². The predicted molar refractivity (Wildman–Crippen MR) is 72.9 cm³/mol. The number of hydrogen-bond acceptors (Lipinski definition) is 4. The molecule has 19 heavy (non-hydrogen) atoms. The van der Waals surface area contributed by atoms with Crippen LogP contribution in [0.2, 0.25) is 0 Å². The minimum absolute atomic E-state index is 0.286. The first-order valence-corrected chi connectivity index (χ1v) is 7.94. The summed E-state index contributed by atoms with van der Waals surface area (Å²) >= 11 is 0. The maximum Gasteiger partial charge on any atom is 0.211 e. The molecular weight excluding hydrogens is 269 g/mol.